The summed E-state index contributed by atoms with van der Waals surface area (Å²) in [5.74, 6) is -5.36. The standard InChI is InChI=1S/C15H15Br2FO5/c1-4-22-14(20)11(15(21)23-5-2)13(19)10-7(3)12(18)9(17)6-8(10)16/h6,11H,4-5H2,1-3H3. The first-order valence-corrected chi connectivity index (χ1v) is 8.36. The van der Waals surface area contributed by atoms with Crippen LogP contribution in [0.25, 0.3) is 0 Å². The normalized spacial score (nSPS) is 10.6. The molecule has 8 heteroatoms. The Bertz CT molecular complexity index is 627. The first-order chi connectivity index (χ1) is 10.8. The van der Waals surface area contributed by atoms with E-state index in [2.05, 4.69) is 31.9 Å². The molecule has 0 bridgehead atoms. The maximum Gasteiger partial charge on any atom is 0.328 e. The minimum absolute atomic E-state index is 0.00311. The molecule has 0 aliphatic heterocycles. The smallest absolute Gasteiger partial charge is 0.328 e. The molecule has 5 nitrogen and oxygen atoms in total. The van der Waals surface area contributed by atoms with Crippen LogP contribution in [-0.2, 0) is 19.1 Å². The molecule has 0 heterocycles. The third kappa shape index (κ3) is 4.38. The number of halogens is 3. The Morgan fingerprint density at radius 3 is 2.00 bits per heavy atom. The fraction of sp³-hybridized carbons (Fsp3) is 0.400. The monoisotopic (exact) mass is 452 g/mol. The highest BCUT2D eigenvalue weighted by Crippen LogP contribution is 2.31. The van der Waals surface area contributed by atoms with Gasteiger partial charge in [-0.2, -0.15) is 0 Å². The molecule has 0 N–H and O–H groups in total. The Morgan fingerprint density at radius 1 is 1.09 bits per heavy atom. The first kappa shape index (κ1) is 19.8. The number of benzene rings is 1. The van der Waals surface area contributed by atoms with E-state index in [0.717, 1.165) is 0 Å². The van der Waals surface area contributed by atoms with Gasteiger partial charge in [0.1, 0.15) is 5.82 Å². The van der Waals surface area contributed by atoms with Gasteiger partial charge in [0.2, 0.25) is 5.92 Å². The zero-order valence-electron chi connectivity index (χ0n) is 12.7. The molecule has 0 aliphatic rings. The van der Waals surface area contributed by atoms with Crippen molar-refractivity contribution < 1.29 is 28.2 Å². The Labute approximate surface area is 149 Å². The van der Waals surface area contributed by atoms with E-state index in [0.29, 0.717) is 0 Å². The Hall–Kier alpha value is -1.28. The van der Waals surface area contributed by atoms with Gasteiger partial charge in [0.05, 0.1) is 17.7 Å². The number of Topliss-reactive ketones (excluding diaryl/α,β-unsaturated/α-hetero) is 1. The van der Waals surface area contributed by atoms with Crippen molar-refractivity contribution in [3.63, 3.8) is 0 Å². The predicted molar refractivity (Wildman–Crippen MR) is 87.6 cm³/mol. The third-order valence-corrected chi connectivity index (χ3v) is 4.16. The summed E-state index contributed by atoms with van der Waals surface area (Å²) in [6.45, 7) is 4.47. The molecule has 126 valence electrons. The zero-order valence-corrected chi connectivity index (χ0v) is 15.9. The third-order valence-electron chi connectivity index (χ3n) is 2.96. The number of esters is 2. The summed E-state index contributed by atoms with van der Waals surface area (Å²) in [6, 6.07) is 1.34. The number of ketones is 1. The minimum atomic E-state index is -1.79. The van der Waals surface area contributed by atoms with E-state index in [9.17, 15) is 18.8 Å². The molecule has 23 heavy (non-hydrogen) atoms. The van der Waals surface area contributed by atoms with E-state index in [1.165, 1.54) is 13.0 Å². The quantitative estimate of drug-likeness (QED) is 0.285. The van der Waals surface area contributed by atoms with Gasteiger partial charge in [0, 0.05) is 10.0 Å². The summed E-state index contributed by atoms with van der Waals surface area (Å²) in [5, 5.41) is 0. The van der Waals surface area contributed by atoms with Crippen LogP contribution in [0.1, 0.15) is 29.8 Å². The maximum absolute atomic E-state index is 14.0. The van der Waals surface area contributed by atoms with Crippen LogP contribution in [0.2, 0.25) is 0 Å². The molecule has 1 aromatic carbocycles. The van der Waals surface area contributed by atoms with Crippen molar-refractivity contribution in [2.75, 3.05) is 13.2 Å². The summed E-state index contributed by atoms with van der Waals surface area (Å²) in [7, 11) is 0. The molecule has 0 saturated carbocycles. The number of ether oxygens (including phenoxy) is 2. The molecular weight excluding hydrogens is 439 g/mol. The van der Waals surface area contributed by atoms with Gasteiger partial charge in [-0.1, -0.05) is 0 Å². The molecule has 0 aliphatic carbocycles. The van der Waals surface area contributed by atoms with Gasteiger partial charge >= 0.3 is 11.9 Å². The zero-order chi connectivity index (χ0) is 17.7. The fourth-order valence-corrected chi connectivity index (χ4v) is 3.48. The molecule has 0 atom stereocenters. The number of hydrogen-bond acceptors (Lipinski definition) is 5. The lowest BCUT2D eigenvalue weighted by Gasteiger charge is -2.16. The number of carbonyl (C=O) groups is 3. The van der Waals surface area contributed by atoms with E-state index >= 15 is 0 Å². The summed E-state index contributed by atoms with van der Waals surface area (Å²) >= 11 is 6.18. The van der Waals surface area contributed by atoms with Crippen molar-refractivity contribution in [2.45, 2.75) is 20.8 Å². The van der Waals surface area contributed by atoms with Crippen LogP contribution in [0, 0.1) is 18.7 Å². The van der Waals surface area contributed by atoms with Crippen LogP contribution in [0.5, 0.6) is 0 Å². The average molecular weight is 454 g/mol. The van der Waals surface area contributed by atoms with Gasteiger partial charge < -0.3 is 9.47 Å². The second-order valence-electron chi connectivity index (χ2n) is 4.46. The Morgan fingerprint density at radius 2 is 1.57 bits per heavy atom. The molecule has 1 rings (SSSR count). The SMILES string of the molecule is CCOC(=O)C(C(=O)OCC)C(=O)c1c(Br)cc(Br)c(F)c1C. The molecular formula is C15H15Br2FO5. The van der Waals surface area contributed by atoms with Crippen LogP contribution in [0.4, 0.5) is 4.39 Å². The van der Waals surface area contributed by atoms with Crippen LogP contribution < -0.4 is 0 Å². The predicted octanol–water partition coefficient (Wildman–Crippen LogP) is 3.58. The van der Waals surface area contributed by atoms with Crippen molar-refractivity contribution in [1.29, 1.82) is 0 Å². The van der Waals surface area contributed by atoms with Crippen LogP contribution in [-0.4, -0.2) is 30.9 Å². The molecule has 0 fully saturated rings. The van der Waals surface area contributed by atoms with Crippen LogP contribution in [0.3, 0.4) is 0 Å². The number of hydrogen-bond donors (Lipinski definition) is 0. The molecule has 0 amide bonds. The Balaban J connectivity index is 3.38. The lowest BCUT2D eigenvalue weighted by molar-refractivity contribution is -0.158. The second kappa shape index (κ2) is 8.54. The summed E-state index contributed by atoms with van der Waals surface area (Å²) < 4.78 is 24.0. The van der Waals surface area contributed by atoms with Crippen molar-refractivity contribution >= 4 is 49.6 Å². The summed E-state index contributed by atoms with van der Waals surface area (Å²) in [5.41, 5.74) is -0.0911. The van der Waals surface area contributed by atoms with E-state index in [4.69, 9.17) is 9.47 Å². The van der Waals surface area contributed by atoms with Gasteiger partial charge in [0.25, 0.3) is 0 Å². The van der Waals surface area contributed by atoms with E-state index in [-0.39, 0.29) is 33.3 Å². The van der Waals surface area contributed by atoms with Crippen molar-refractivity contribution in [2.24, 2.45) is 5.92 Å². The van der Waals surface area contributed by atoms with E-state index < -0.39 is 29.5 Å². The fourth-order valence-electron chi connectivity index (χ4n) is 1.92. The average Bonchev–Trinajstić information content (AvgIpc) is 2.45. The highest BCUT2D eigenvalue weighted by Gasteiger charge is 2.39. The minimum Gasteiger partial charge on any atom is -0.465 e. The van der Waals surface area contributed by atoms with Crippen molar-refractivity contribution in [3.8, 4) is 0 Å². The molecule has 0 aromatic heterocycles. The maximum atomic E-state index is 14.0. The lowest BCUT2D eigenvalue weighted by Crippen LogP contribution is -2.35. The van der Waals surface area contributed by atoms with Gasteiger partial charge in [0.15, 0.2) is 5.78 Å². The van der Waals surface area contributed by atoms with Crippen LogP contribution in [0.15, 0.2) is 15.0 Å². The highest BCUT2D eigenvalue weighted by molar-refractivity contribution is 9.11. The highest BCUT2D eigenvalue weighted by atomic mass is 79.9. The van der Waals surface area contributed by atoms with Crippen molar-refractivity contribution in [1.82, 2.24) is 0 Å². The van der Waals surface area contributed by atoms with Gasteiger partial charge in [-0.05, 0) is 64.3 Å². The molecule has 1 aromatic rings. The largest absolute Gasteiger partial charge is 0.465 e. The van der Waals surface area contributed by atoms with Gasteiger partial charge in [-0.25, -0.2) is 4.39 Å². The molecule has 0 radical (unpaired) electrons. The molecule has 0 unspecified atom stereocenters. The van der Waals surface area contributed by atoms with Gasteiger partial charge in [-0.3, -0.25) is 14.4 Å². The summed E-state index contributed by atoms with van der Waals surface area (Å²) in [6.07, 6.45) is 0. The number of rotatable bonds is 6. The van der Waals surface area contributed by atoms with E-state index in [1.807, 2.05) is 0 Å². The molecule has 0 spiro atoms. The lowest BCUT2D eigenvalue weighted by atomic mass is 9.94. The van der Waals surface area contributed by atoms with E-state index in [1.54, 1.807) is 13.8 Å². The Kier molecular flexibility index (Phi) is 7.34. The van der Waals surface area contributed by atoms with Crippen molar-refractivity contribution in [3.05, 3.63) is 32.0 Å². The second-order valence-corrected chi connectivity index (χ2v) is 6.16. The van der Waals surface area contributed by atoms with Gasteiger partial charge in [-0.15, -0.1) is 0 Å². The summed E-state index contributed by atoms with van der Waals surface area (Å²) in [4.78, 5) is 36.6. The molecule has 0 saturated heterocycles. The van der Waals surface area contributed by atoms with Crippen LogP contribution >= 0.6 is 31.9 Å². The first-order valence-electron chi connectivity index (χ1n) is 6.77. The topological polar surface area (TPSA) is 69.7 Å². The number of carbonyl (C=O) groups excluding carboxylic acids is 3.